The second kappa shape index (κ2) is 12.4. The highest BCUT2D eigenvalue weighted by Crippen LogP contribution is 2.36. The maximum absolute atomic E-state index is 13.3. The van der Waals surface area contributed by atoms with Gasteiger partial charge in [0.2, 0.25) is 0 Å². The van der Waals surface area contributed by atoms with Crippen LogP contribution in [0.1, 0.15) is 72.5 Å². The third-order valence-corrected chi connectivity index (χ3v) is 7.15. The first-order valence-corrected chi connectivity index (χ1v) is 14.5. The quantitative estimate of drug-likeness (QED) is 0.293. The van der Waals surface area contributed by atoms with Crippen LogP contribution in [0.4, 0.5) is 20.1 Å². The fourth-order valence-electron chi connectivity index (χ4n) is 4.70. The van der Waals surface area contributed by atoms with Gasteiger partial charge < -0.3 is 19.1 Å². The lowest BCUT2D eigenvalue weighted by atomic mass is 9.93. The van der Waals surface area contributed by atoms with Gasteiger partial charge in [0.15, 0.2) is 0 Å². The highest BCUT2D eigenvalue weighted by Gasteiger charge is 2.38. The average Bonchev–Trinajstić information content (AvgIpc) is 3.30. The molecule has 2 aromatic carbocycles. The molecule has 0 spiro atoms. The topological polar surface area (TPSA) is 112 Å². The number of ether oxygens (including phenoxy) is 3. The van der Waals surface area contributed by atoms with E-state index in [1.54, 1.807) is 82.8 Å². The number of hydrogen-bond donors (Lipinski definition) is 1. The van der Waals surface area contributed by atoms with Gasteiger partial charge in [-0.1, -0.05) is 29.3 Å². The molecule has 1 saturated heterocycles. The summed E-state index contributed by atoms with van der Waals surface area (Å²) in [5.74, 6) is 0. The molecule has 1 fully saturated rings. The highest BCUT2D eigenvalue weighted by molar-refractivity contribution is 6.42. The number of benzene rings is 2. The van der Waals surface area contributed by atoms with E-state index in [9.17, 15) is 14.4 Å². The van der Waals surface area contributed by atoms with E-state index in [1.165, 1.54) is 6.20 Å². The Kier molecular flexibility index (Phi) is 9.27. The molecular weight excluding hydrogens is 583 g/mol. The molecule has 12 heteroatoms. The zero-order valence-electron chi connectivity index (χ0n) is 24.6. The molecule has 0 unspecified atom stereocenters. The summed E-state index contributed by atoms with van der Waals surface area (Å²) in [6.07, 6.45) is 1.06. The Balaban J connectivity index is 1.58. The second-order valence-corrected chi connectivity index (χ2v) is 13.0. The largest absolute Gasteiger partial charge is 0.444 e. The molecule has 4 rings (SSSR count). The van der Waals surface area contributed by atoms with Crippen molar-refractivity contribution >= 4 is 58.1 Å². The molecule has 0 radical (unpaired) electrons. The van der Waals surface area contributed by atoms with Crippen molar-refractivity contribution in [1.29, 1.82) is 0 Å². The van der Waals surface area contributed by atoms with Crippen LogP contribution in [0.15, 0.2) is 42.6 Å². The summed E-state index contributed by atoms with van der Waals surface area (Å²) < 4.78 is 18.2. The van der Waals surface area contributed by atoms with Crippen LogP contribution in [0.3, 0.4) is 0 Å². The fourth-order valence-corrected chi connectivity index (χ4v) is 5.01. The van der Waals surface area contributed by atoms with Crippen molar-refractivity contribution in [2.45, 2.75) is 84.2 Å². The first-order chi connectivity index (χ1) is 19.6. The normalized spacial score (nSPS) is 16.6. The van der Waals surface area contributed by atoms with Gasteiger partial charge >= 0.3 is 18.3 Å². The lowest BCUT2D eigenvalue weighted by molar-refractivity contribution is -0.0199. The number of aromatic nitrogens is 2. The molecule has 0 aliphatic carbocycles. The number of fused-ring (bicyclic) bond motifs is 1. The minimum absolute atomic E-state index is 0.301. The van der Waals surface area contributed by atoms with Crippen LogP contribution in [-0.2, 0) is 14.2 Å². The van der Waals surface area contributed by atoms with E-state index in [0.717, 1.165) is 17.5 Å². The summed E-state index contributed by atoms with van der Waals surface area (Å²) in [4.78, 5) is 40.6. The number of nitrogens with one attached hydrogen (secondary N) is 1. The minimum atomic E-state index is -0.855. The van der Waals surface area contributed by atoms with Crippen LogP contribution in [0.25, 0.3) is 10.9 Å². The first-order valence-electron chi connectivity index (χ1n) is 13.7. The Morgan fingerprint density at radius 3 is 2.29 bits per heavy atom. The van der Waals surface area contributed by atoms with Crippen LogP contribution in [0.2, 0.25) is 10.0 Å². The number of rotatable bonds is 4. The third-order valence-electron chi connectivity index (χ3n) is 6.41. The van der Waals surface area contributed by atoms with E-state index in [0.29, 0.717) is 45.2 Å². The molecule has 3 aromatic rings. The predicted molar refractivity (Wildman–Crippen MR) is 161 cm³/mol. The van der Waals surface area contributed by atoms with Gasteiger partial charge in [-0.05, 0) is 96.7 Å². The number of hydrogen-bond acceptors (Lipinski definition) is 7. The lowest BCUT2D eigenvalue weighted by Gasteiger charge is -2.40. The van der Waals surface area contributed by atoms with Crippen molar-refractivity contribution in [3.63, 3.8) is 0 Å². The van der Waals surface area contributed by atoms with Crippen molar-refractivity contribution in [3.8, 4) is 0 Å². The van der Waals surface area contributed by atoms with E-state index in [4.69, 9.17) is 37.4 Å². The number of halogens is 2. The summed E-state index contributed by atoms with van der Waals surface area (Å²) in [6, 6.07) is 9.46. The highest BCUT2D eigenvalue weighted by atomic mass is 35.5. The molecule has 1 aromatic heterocycles. The van der Waals surface area contributed by atoms with Gasteiger partial charge in [-0.3, -0.25) is 5.32 Å². The van der Waals surface area contributed by atoms with Crippen molar-refractivity contribution in [2.24, 2.45) is 0 Å². The molecule has 42 heavy (non-hydrogen) atoms. The Labute approximate surface area is 255 Å². The van der Waals surface area contributed by atoms with Gasteiger partial charge in [-0.2, -0.15) is 9.78 Å². The average molecular weight is 620 g/mol. The summed E-state index contributed by atoms with van der Waals surface area (Å²) in [6.45, 7) is 11.2. The van der Waals surface area contributed by atoms with E-state index in [-0.39, 0.29) is 0 Å². The maximum atomic E-state index is 13.3. The van der Waals surface area contributed by atoms with Crippen LogP contribution >= 0.6 is 23.2 Å². The van der Waals surface area contributed by atoms with E-state index in [2.05, 4.69) is 10.4 Å². The third kappa shape index (κ3) is 7.86. The fraction of sp³-hybridized carbons (Fsp3) is 0.467. The van der Waals surface area contributed by atoms with E-state index < -0.39 is 41.6 Å². The van der Waals surface area contributed by atoms with E-state index in [1.807, 2.05) is 0 Å². The van der Waals surface area contributed by atoms with Crippen LogP contribution in [0, 0.1) is 0 Å². The molecule has 1 aliphatic heterocycles. The number of nitrogens with zero attached hydrogens (tertiary/aromatic N) is 3. The van der Waals surface area contributed by atoms with Gasteiger partial charge in [-0.25, -0.2) is 14.4 Å². The number of amides is 2. The molecular formula is C30H36Cl2N4O6. The van der Waals surface area contributed by atoms with Crippen LogP contribution in [-0.4, -0.2) is 56.7 Å². The lowest BCUT2D eigenvalue weighted by Crippen LogP contribution is -2.49. The van der Waals surface area contributed by atoms with Crippen LogP contribution < -0.4 is 5.32 Å². The Hall–Kier alpha value is -3.50. The van der Waals surface area contributed by atoms with Crippen molar-refractivity contribution in [2.75, 3.05) is 11.9 Å². The molecule has 1 aliphatic rings. The Bertz CT molecular complexity index is 1480. The number of likely N-dealkylation sites (tertiary alicyclic amines) is 1. The number of anilines is 1. The molecule has 0 saturated carbocycles. The van der Waals surface area contributed by atoms with Crippen LogP contribution in [0.5, 0.6) is 0 Å². The Morgan fingerprint density at radius 1 is 0.929 bits per heavy atom. The van der Waals surface area contributed by atoms with Crippen molar-refractivity contribution < 1.29 is 28.6 Å². The van der Waals surface area contributed by atoms with Crippen molar-refractivity contribution in [3.05, 3.63) is 58.2 Å². The molecule has 2 heterocycles. The second-order valence-electron chi connectivity index (χ2n) is 12.2. The summed E-state index contributed by atoms with van der Waals surface area (Å²) >= 11 is 12.5. The van der Waals surface area contributed by atoms with E-state index >= 15 is 0 Å². The molecule has 10 nitrogen and oxygen atoms in total. The summed E-state index contributed by atoms with van der Waals surface area (Å²) in [5.41, 5.74) is 0.174. The summed E-state index contributed by atoms with van der Waals surface area (Å²) in [7, 11) is 0. The molecule has 1 N–H and O–H groups in total. The number of carbonyl (C=O) groups excluding carboxylic acids is 3. The van der Waals surface area contributed by atoms with Gasteiger partial charge in [-0.15, -0.1) is 0 Å². The van der Waals surface area contributed by atoms with Gasteiger partial charge in [0, 0.05) is 17.6 Å². The minimum Gasteiger partial charge on any atom is -0.444 e. The Morgan fingerprint density at radius 2 is 1.62 bits per heavy atom. The zero-order valence-corrected chi connectivity index (χ0v) is 26.1. The molecule has 0 bridgehead atoms. The summed E-state index contributed by atoms with van der Waals surface area (Å²) in [5, 5.41) is 8.16. The zero-order chi connectivity index (χ0) is 30.8. The monoisotopic (exact) mass is 618 g/mol. The smallest absolute Gasteiger partial charge is 0.435 e. The van der Waals surface area contributed by atoms with Gasteiger partial charge in [0.25, 0.3) is 0 Å². The number of piperidine rings is 1. The predicted octanol–water partition coefficient (Wildman–Crippen LogP) is 8.21. The molecule has 226 valence electrons. The first kappa shape index (κ1) is 31.4. The standard InChI is InChI=1S/C30H36Cl2N4O6/c1-29(2,3)41-27(38)35-14-8-7-9-24(35)25(18-10-12-21(31)22(32)16-18)40-26(37)34-20-11-13-23-19(15-20)17-33-36(23)28(39)42-30(4,5)6/h10-13,15-17,24-25H,7-9,14H2,1-6H3,(H,34,37)/t24-,25+/m0/s1. The van der Waals surface area contributed by atoms with Gasteiger partial charge in [0.1, 0.15) is 17.3 Å². The molecule has 2 atom stereocenters. The SMILES string of the molecule is CC(C)(C)OC(=O)N1CCCC[C@H]1[C@H](OC(=O)Nc1ccc2c(cnn2C(=O)OC(C)(C)C)c1)c1ccc(Cl)c(Cl)c1. The molecule has 2 amide bonds. The maximum Gasteiger partial charge on any atom is 0.435 e. The van der Waals surface area contributed by atoms with Crippen molar-refractivity contribution in [1.82, 2.24) is 14.7 Å². The van der Waals surface area contributed by atoms with Gasteiger partial charge in [0.05, 0.1) is 27.8 Å². The number of carbonyl (C=O) groups is 3.